The van der Waals surface area contributed by atoms with Gasteiger partial charge in [-0.3, -0.25) is 4.79 Å². The molecule has 2 N–H and O–H groups in total. The molecule has 10 nitrogen and oxygen atoms in total. The van der Waals surface area contributed by atoms with E-state index in [1.807, 2.05) is 24.3 Å². The number of fused-ring (bicyclic) bond motifs is 1. The molecule has 0 aliphatic heterocycles. The molecular formula is C29H29N3O7S. The second-order valence-corrected chi connectivity index (χ2v) is 9.66. The molecule has 4 aromatic rings. The number of ether oxygens (including phenoxy) is 3. The molecule has 208 valence electrons. The Hall–Kier alpha value is -4.51. The van der Waals surface area contributed by atoms with Gasteiger partial charge in [0.2, 0.25) is 0 Å². The zero-order valence-electron chi connectivity index (χ0n) is 22.5. The first-order chi connectivity index (χ1) is 19.3. The van der Waals surface area contributed by atoms with E-state index in [1.165, 1.54) is 0 Å². The third-order valence-electron chi connectivity index (χ3n) is 6.03. The molecule has 0 radical (unpaired) electrons. The van der Waals surface area contributed by atoms with Crippen molar-refractivity contribution in [1.82, 2.24) is 9.97 Å². The lowest BCUT2D eigenvalue weighted by Crippen LogP contribution is -2.32. The molecule has 2 aromatic carbocycles. The van der Waals surface area contributed by atoms with Crippen LogP contribution in [0.4, 0.5) is 5.00 Å². The van der Waals surface area contributed by atoms with Crippen LogP contribution in [-0.2, 0) is 19.0 Å². The van der Waals surface area contributed by atoms with Crippen LogP contribution in [0, 0.1) is 6.92 Å². The number of amides is 1. The number of para-hydroxylation sites is 2. The molecule has 1 amide bonds. The number of hydrogen-bond acceptors (Lipinski definition) is 9. The average molecular weight is 564 g/mol. The number of H-pyrrole nitrogens is 1. The molecule has 2 aromatic heterocycles. The Labute approximate surface area is 234 Å². The third-order valence-corrected chi connectivity index (χ3v) is 7.22. The van der Waals surface area contributed by atoms with Crippen molar-refractivity contribution in [2.75, 3.05) is 18.5 Å². The van der Waals surface area contributed by atoms with Gasteiger partial charge in [-0.25, -0.2) is 19.4 Å². The van der Waals surface area contributed by atoms with Crippen molar-refractivity contribution in [2.45, 2.75) is 40.2 Å². The molecular weight excluding hydrogens is 534 g/mol. The number of aromatic amines is 1. The SMILES string of the molecule is CCOC(=O)c1sc(NC(=O)C(CC)OC(=O)c2ccccc2-c2nc3ccccc3[nH]2)c(C(=O)OCC)c1C. The van der Waals surface area contributed by atoms with Gasteiger partial charge in [0.25, 0.3) is 5.91 Å². The second kappa shape index (κ2) is 12.6. The van der Waals surface area contributed by atoms with E-state index in [0.29, 0.717) is 17.0 Å². The average Bonchev–Trinajstić information content (AvgIpc) is 3.52. The highest BCUT2D eigenvalue weighted by Gasteiger charge is 2.30. The number of imidazole rings is 1. The van der Waals surface area contributed by atoms with Crippen molar-refractivity contribution in [3.8, 4) is 11.4 Å². The van der Waals surface area contributed by atoms with E-state index in [2.05, 4.69) is 15.3 Å². The molecule has 2 heterocycles. The molecule has 0 aliphatic carbocycles. The summed E-state index contributed by atoms with van der Waals surface area (Å²) in [6, 6.07) is 14.3. The molecule has 40 heavy (non-hydrogen) atoms. The summed E-state index contributed by atoms with van der Waals surface area (Å²) in [6.07, 6.45) is -1.02. The van der Waals surface area contributed by atoms with E-state index < -0.39 is 29.9 Å². The molecule has 0 saturated carbocycles. The fraction of sp³-hybridized carbons (Fsp3) is 0.276. The predicted molar refractivity (Wildman–Crippen MR) is 151 cm³/mol. The molecule has 0 aliphatic rings. The lowest BCUT2D eigenvalue weighted by atomic mass is 10.1. The van der Waals surface area contributed by atoms with E-state index in [9.17, 15) is 19.2 Å². The molecule has 1 atom stereocenters. The first kappa shape index (κ1) is 28.5. The number of anilines is 1. The quantitative estimate of drug-likeness (QED) is 0.190. The van der Waals surface area contributed by atoms with Crippen molar-refractivity contribution >= 4 is 51.2 Å². The lowest BCUT2D eigenvalue weighted by molar-refractivity contribution is -0.124. The van der Waals surface area contributed by atoms with E-state index in [0.717, 1.165) is 22.4 Å². The summed E-state index contributed by atoms with van der Waals surface area (Å²) >= 11 is 0.901. The highest BCUT2D eigenvalue weighted by atomic mass is 32.1. The van der Waals surface area contributed by atoms with Crippen molar-refractivity contribution in [3.63, 3.8) is 0 Å². The third kappa shape index (κ3) is 5.89. The van der Waals surface area contributed by atoms with Gasteiger partial charge >= 0.3 is 17.9 Å². The maximum Gasteiger partial charge on any atom is 0.348 e. The number of esters is 3. The summed E-state index contributed by atoms with van der Waals surface area (Å²) in [6.45, 7) is 6.85. The van der Waals surface area contributed by atoms with Crippen LogP contribution < -0.4 is 5.32 Å². The highest BCUT2D eigenvalue weighted by molar-refractivity contribution is 7.18. The number of aromatic nitrogens is 2. The van der Waals surface area contributed by atoms with Crippen LogP contribution in [0.3, 0.4) is 0 Å². The van der Waals surface area contributed by atoms with Crippen LogP contribution in [0.1, 0.15) is 63.1 Å². The largest absolute Gasteiger partial charge is 0.462 e. The van der Waals surface area contributed by atoms with Crippen molar-refractivity contribution < 1.29 is 33.4 Å². The lowest BCUT2D eigenvalue weighted by Gasteiger charge is -2.17. The Balaban J connectivity index is 1.58. The number of nitrogens with one attached hydrogen (secondary N) is 2. The van der Waals surface area contributed by atoms with Gasteiger partial charge in [0.05, 0.1) is 35.4 Å². The number of hydrogen-bond donors (Lipinski definition) is 2. The molecule has 0 spiro atoms. The Morgan fingerprint density at radius 2 is 1.60 bits per heavy atom. The van der Waals surface area contributed by atoms with Gasteiger partial charge in [-0.1, -0.05) is 37.3 Å². The van der Waals surface area contributed by atoms with Crippen molar-refractivity contribution in [3.05, 3.63) is 70.1 Å². The highest BCUT2D eigenvalue weighted by Crippen LogP contribution is 2.35. The first-order valence-electron chi connectivity index (χ1n) is 12.8. The van der Waals surface area contributed by atoms with Gasteiger partial charge in [0.15, 0.2) is 6.10 Å². The molecule has 4 rings (SSSR count). The van der Waals surface area contributed by atoms with Gasteiger partial charge in [-0.2, -0.15) is 0 Å². The van der Waals surface area contributed by atoms with E-state index in [4.69, 9.17) is 14.2 Å². The fourth-order valence-corrected chi connectivity index (χ4v) is 5.19. The summed E-state index contributed by atoms with van der Waals surface area (Å²) in [4.78, 5) is 59.6. The number of benzene rings is 2. The van der Waals surface area contributed by atoms with Crippen LogP contribution >= 0.6 is 11.3 Å². The summed E-state index contributed by atoms with van der Waals surface area (Å²) < 4.78 is 15.9. The minimum absolute atomic E-state index is 0.0552. The number of thiophene rings is 1. The zero-order valence-corrected chi connectivity index (χ0v) is 23.3. The van der Waals surface area contributed by atoms with Crippen LogP contribution in [0.25, 0.3) is 22.4 Å². The summed E-state index contributed by atoms with van der Waals surface area (Å²) in [5, 5.41) is 2.77. The Morgan fingerprint density at radius 1 is 0.925 bits per heavy atom. The summed E-state index contributed by atoms with van der Waals surface area (Å²) in [7, 11) is 0. The Morgan fingerprint density at radius 3 is 2.30 bits per heavy atom. The topological polar surface area (TPSA) is 137 Å². The predicted octanol–water partition coefficient (Wildman–Crippen LogP) is 5.53. The number of carbonyl (C=O) groups excluding carboxylic acids is 4. The van der Waals surface area contributed by atoms with Crippen LogP contribution in [0.2, 0.25) is 0 Å². The maximum atomic E-state index is 13.3. The molecule has 0 saturated heterocycles. The minimum atomic E-state index is -1.18. The van der Waals surface area contributed by atoms with Crippen LogP contribution in [0.15, 0.2) is 48.5 Å². The standard InChI is InChI=1S/C29H29N3O7S/c1-5-21(25(33)32-26-22(28(35)37-6-2)16(4)23(40-26)29(36)38-7-3)39-27(34)18-13-9-8-12-17(18)24-30-19-14-10-11-15-20(19)31-24/h8-15,21H,5-7H2,1-4H3,(H,30,31)(H,32,33). The summed E-state index contributed by atoms with van der Waals surface area (Å²) in [5.41, 5.74) is 2.71. The van der Waals surface area contributed by atoms with Gasteiger partial charge in [-0.15, -0.1) is 11.3 Å². The molecule has 11 heteroatoms. The van der Waals surface area contributed by atoms with E-state index >= 15 is 0 Å². The smallest absolute Gasteiger partial charge is 0.348 e. The van der Waals surface area contributed by atoms with Crippen LogP contribution in [-0.4, -0.2) is 53.1 Å². The first-order valence-corrected chi connectivity index (χ1v) is 13.6. The van der Waals surface area contributed by atoms with Gasteiger partial charge in [0, 0.05) is 5.56 Å². The Kier molecular flexibility index (Phi) is 8.95. The van der Waals surface area contributed by atoms with Crippen LogP contribution in [0.5, 0.6) is 0 Å². The zero-order chi connectivity index (χ0) is 28.8. The fourth-order valence-electron chi connectivity index (χ4n) is 4.10. The number of nitrogens with zero attached hydrogens (tertiary/aromatic N) is 1. The minimum Gasteiger partial charge on any atom is -0.462 e. The molecule has 0 bridgehead atoms. The number of rotatable bonds is 10. The monoisotopic (exact) mass is 563 g/mol. The molecule has 1 unspecified atom stereocenters. The number of carbonyl (C=O) groups is 4. The second-order valence-electron chi connectivity index (χ2n) is 8.64. The summed E-state index contributed by atoms with van der Waals surface area (Å²) in [5.74, 6) is -2.17. The molecule has 0 fully saturated rings. The normalized spacial score (nSPS) is 11.6. The van der Waals surface area contributed by atoms with Gasteiger partial charge in [0.1, 0.15) is 15.7 Å². The van der Waals surface area contributed by atoms with Crippen molar-refractivity contribution in [2.24, 2.45) is 0 Å². The van der Waals surface area contributed by atoms with Gasteiger partial charge < -0.3 is 24.5 Å². The van der Waals surface area contributed by atoms with E-state index in [1.54, 1.807) is 52.0 Å². The van der Waals surface area contributed by atoms with E-state index in [-0.39, 0.29) is 40.6 Å². The maximum absolute atomic E-state index is 13.3. The van der Waals surface area contributed by atoms with Crippen molar-refractivity contribution in [1.29, 1.82) is 0 Å². The Bertz CT molecular complexity index is 1540. The van der Waals surface area contributed by atoms with Gasteiger partial charge in [-0.05, 0) is 51.0 Å².